The molecule has 3 nitrogen and oxygen atoms in total. The van der Waals surface area contributed by atoms with Crippen LogP contribution < -0.4 is 5.32 Å². The van der Waals surface area contributed by atoms with Crippen molar-refractivity contribution in [3.05, 3.63) is 71.0 Å². The smallest absolute Gasteiger partial charge is 0.251 e. The lowest BCUT2D eigenvalue weighted by molar-refractivity contribution is 0.0940. The van der Waals surface area contributed by atoms with Gasteiger partial charge < -0.3 is 10.2 Å². The van der Waals surface area contributed by atoms with E-state index in [2.05, 4.69) is 22.3 Å². The van der Waals surface area contributed by atoms with Crippen molar-refractivity contribution in [3.8, 4) is 0 Å². The summed E-state index contributed by atoms with van der Waals surface area (Å²) in [4.78, 5) is 15.3. The number of benzene rings is 2. The summed E-state index contributed by atoms with van der Waals surface area (Å²) >= 11 is 0. The lowest BCUT2D eigenvalue weighted by Crippen LogP contribution is -2.42. The monoisotopic (exact) mass is 422 g/mol. The summed E-state index contributed by atoms with van der Waals surface area (Å²) in [6.07, 6.45) is 10.7. The molecule has 0 spiro atoms. The van der Waals surface area contributed by atoms with Crippen LogP contribution >= 0.6 is 0 Å². The highest BCUT2D eigenvalue weighted by molar-refractivity contribution is 5.94. The zero-order valence-electron chi connectivity index (χ0n) is 18.7. The first-order valence-corrected chi connectivity index (χ1v) is 12.0. The third-order valence-corrected chi connectivity index (χ3v) is 7.20. The van der Waals surface area contributed by atoms with Crippen LogP contribution in [0.3, 0.4) is 0 Å². The van der Waals surface area contributed by atoms with Crippen molar-refractivity contribution >= 4 is 5.91 Å². The molecule has 1 aliphatic carbocycles. The molecule has 1 amide bonds. The second-order valence-corrected chi connectivity index (χ2v) is 9.42. The molecule has 0 unspecified atom stereocenters. The summed E-state index contributed by atoms with van der Waals surface area (Å²) in [5.74, 6) is 0.389. The molecule has 1 saturated carbocycles. The Morgan fingerprint density at radius 3 is 2.26 bits per heavy atom. The average molecular weight is 423 g/mol. The van der Waals surface area contributed by atoms with E-state index in [1.54, 1.807) is 12.1 Å². The fraction of sp³-hybridized carbons (Fsp3) is 0.519. The third-order valence-electron chi connectivity index (χ3n) is 7.20. The number of hydrogen-bond donors (Lipinski definition) is 1. The van der Waals surface area contributed by atoms with Crippen molar-refractivity contribution in [2.24, 2.45) is 5.92 Å². The largest absolute Gasteiger partial charge is 0.346 e. The fourth-order valence-electron chi connectivity index (χ4n) is 5.21. The van der Waals surface area contributed by atoms with Crippen LogP contribution in [-0.2, 0) is 6.42 Å². The van der Waals surface area contributed by atoms with Gasteiger partial charge in [-0.1, -0.05) is 43.5 Å². The first-order valence-electron chi connectivity index (χ1n) is 12.0. The molecule has 4 rings (SSSR count). The number of carbonyl (C=O) groups excluding carboxylic acids is 1. The SMILES string of the molecule is C[C@H](NC(=O)c1ccc(CC2CCN(C3CCCCC3)CC2)cc1)c1ccc(F)cc1. The summed E-state index contributed by atoms with van der Waals surface area (Å²) in [7, 11) is 0. The Hall–Kier alpha value is -2.20. The lowest BCUT2D eigenvalue weighted by atomic mass is 9.87. The van der Waals surface area contributed by atoms with E-state index in [4.69, 9.17) is 0 Å². The van der Waals surface area contributed by atoms with Crippen LogP contribution in [0.1, 0.15) is 79.4 Å². The molecule has 2 aromatic rings. The maximum atomic E-state index is 13.1. The topological polar surface area (TPSA) is 32.3 Å². The van der Waals surface area contributed by atoms with Crippen molar-refractivity contribution in [2.45, 2.75) is 70.4 Å². The van der Waals surface area contributed by atoms with E-state index < -0.39 is 0 Å². The van der Waals surface area contributed by atoms with Gasteiger partial charge in [0.1, 0.15) is 5.82 Å². The van der Waals surface area contributed by atoms with Crippen molar-refractivity contribution < 1.29 is 9.18 Å². The molecule has 2 aromatic carbocycles. The molecular weight excluding hydrogens is 387 g/mol. The molecule has 166 valence electrons. The van der Waals surface area contributed by atoms with Gasteiger partial charge in [0.05, 0.1) is 6.04 Å². The second-order valence-electron chi connectivity index (χ2n) is 9.42. The summed E-state index contributed by atoms with van der Waals surface area (Å²) in [5, 5.41) is 3.00. The summed E-state index contributed by atoms with van der Waals surface area (Å²) in [5.41, 5.74) is 2.88. The van der Waals surface area contributed by atoms with Gasteiger partial charge in [0, 0.05) is 11.6 Å². The van der Waals surface area contributed by atoms with E-state index in [9.17, 15) is 9.18 Å². The predicted octanol–water partition coefficient (Wildman–Crippen LogP) is 5.90. The maximum absolute atomic E-state index is 13.1. The van der Waals surface area contributed by atoms with Crippen LogP contribution in [-0.4, -0.2) is 29.9 Å². The minimum Gasteiger partial charge on any atom is -0.346 e. The number of piperidine rings is 1. The van der Waals surface area contributed by atoms with Gasteiger partial charge in [-0.05, 0) is 93.4 Å². The number of amides is 1. The number of rotatable bonds is 6. The van der Waals surface area contributed by atoms with Gasteiger partial charge in [-0.3, -0.25) is 4.79 Å². The minimum absolute atomic E-state index is 0.0934. The maximum Gasteiger partial charge on any atom is 0.251 e. The highest BCUT2D eigenvalue weighted by atomic mass is 19.1. The predicted molar refractivity (Wildman–Crippen MR) is 124 cm³/mol. The first kappa shape index (κ1) is 22.0. The van der Waals surface area contributed by atoms with Gasteiger partial charge in [-0.15, -0.1) is 0 Å². The minimum atomic E-state index is -0.266. The Morgan fingerprint density at radius 2 is 1.61 bits per heavy atom. The molecule has 0 radical (unpaired) electrons. The molecule has 0 bridgehead atoms. The summed E-state index contributed by atoms with van der Waals surface area (Å²) in [6.45, 7) is 4.41. The molecule has 2 aliphatic rings. The van der Waals surface area contributed by atoms with Gasteiger partial charge in [-0.25, -0.2) is 4.39 Å². The van der Waals surface area contributed by atoms with Gasteiger partial charge in [0.25, 0.3) is 5.91 Å². The lowest BCUT2D eigenvalue weighted by Gasteiger charge is -2.39. The molecule has 2 fully saturated rings. The van der Waals surface area contributed by atoms with Crippen LogP contribution in [0, 0.1) is 11.7 Å². The zero-order chi connectivity index (χ0) is 21.6. The van der Waals surface area contributed by atoms with E-state index in [0.717, 1.165) is 23.9 Å². The Bertz CT molecular complexity index is 835. The van der Waals surface area contributed by atoms with Gasteiger partial charge in [0.15, 0.2) is 0 Å². The number of hydrogen-bond acceptors (Lipinski definition) is 2. The van der Waals surface area contributed by atoms with Crippen LogP contribution in [0.4, 0.5) is 4.39 Å². The van der Waals surface area contributed by atoms with Gasteiger partial charge in [0.2, 0.25) is 0 Å². The fourth-order valence-corrected chi connectivity index (χ4v) is 5.21. The van der Waals surface area contributed by atoms with Crippen molar-refractivity contribution in [1.29, 1.82) is 0 Å². The first-order chi connectivity index (χ1) is 15.1. The van der Waals surface area contributed by atoms with E-state index in [1.165, 1.54) is 75.7 Å². The van der Waals surface area contributed by atoms with Crippen molar-refractivity contribution in [3.63, 3.8) is 0 Å². The highest BCUT2D eigenvalue weighted by Crippen LogP contribution is 2.28. The zero-order valence-corrected chi connectivity index (χ0v) is 18.7. The molecule has 1 aliphatic heterocycles. The molecule has 4 heteroatoms. The number of halogens is 1. The van der Waals surface area contributed by atoms with Crippen LogP contribution in [0.5, 0.6) is 0 Å². The van der Waals surface area contributed by atoms with Gasteiger partial charge >= 0.3 is 0 Å². The van der Waals surface area contributed by atoms with Gasteiger partial charge in [-0.2, -0.15) is 0 Å². The number of likely N-dealkylation sites (tertiary alicyclic amines) is 1. The normalized spacial score (nSPS) is 19.8. The molecule has 1 heterocycles. The molecule has 1 N–H and O–H groups in total. The number of nitrogens with zero attached hydrogens (tertiary/aromatic N) is 1. The Kier molecular flexibility index (Phi) is 7.39. The van der Waals surface area contributed by atoms with Crippen molar-refractivity contribution in [2.75, 3.05) is 13.1 Å². The van der Waals surface area contributed by atoms with Crippen LogP contribution in [0.25, 0.3) is 0 Å². The van der Waals surface area contributed by atoms with Crippen LogP contribution in [0.15, 0.2) is 48.5 Å². The summed E-state index contributed by atoms with van der Waals surface area (Å²) in [6, 6.07) is 15.0. The number of nitrogens with one attached hydrogen (secondary N) is 1. The highest BCUT2D eigenvalue weighted by Gasteiger charge is 2.26. The summed E-state index contributed by atoms with van der Waals surface area (Å²) < 4.78 is 13.1. The van der Waals surface area contributed by atoms with E-state index in [1.807, 2.05) is 19.1 Å². The Morgan fingerprint density at radius 1 is 0.968 bits per heavy atom. The molecule has 1 saturated heterocycles. The Labute approximate surface area is 186 Å². The average Bonchev–Trinajstić information content (AvgIpc) is 2.81. The quantitative estimate of drug-likeness (QED) is 0.628. The third kappa shape index (κ3) is 5.94. The van der Waals surface area contributed by atoms with E-state index in [0.29, 0.717) is 5.56 Å². The van der Waals surface area contributed by atoms with E-state index >= 15 is 0 Å². The standard InChI is InChI=1S/C27H35FN2O/c1-20(23-11-13-25(28)14-12-23)29-27(31)24-9-7-21(8-10-24)19-22-15-17-30(18-16-22)26-5-3-2-4-6-26/h7-14,20,22,26H,2-6,15-19H2,1H3,(H,29,31)/t20-/m0/s1. The molecular formula is C27H35FN2O. The second kappa shape index (κ2) is 10.4. The molecule has 31 heavy (non-hydrogen) atoms. The Balaban J connectivity index is 1.25. The van der Waals surface area contributed by atoms with E-state index in [-0.39, 0.29) is 17.8 Å². The van der Waals surface area contributed by atoms with Crippen LogP contribution in [0.2, 0.25) is 0 Å². The van der Waals surface area contributed by atoms with Crippen molar-refractivity contribution in [1.82, 2.24) is 10.2 Å². The molecule has 1 atom stereocenters. The number of carbonyl (C=O) groups is 1. The molecule has 0 aromatic heterocycles.